The molecule has 0 amide bonds. The van der Waals surface area contributed by atoms with E-state index in [9.17, 15) is 0 Å². The fourth-order valence-corrected chi connectivity index (χ4v) is 1.59. The molecule has 1 heterocycles. The molecule has 0 spiro atoms. The van der Waals surface area contributed by atoms with Crippen LogP contribution in [0.3, 0.4) is 0 Å². The van der Waals surface area contributed by atoms with E-state index in [-0.39, 0.29) is 0 Å². The first-order valence-electron chi connectivity index (χ1n) is 5.38. The van der Waals surface area contributed by atoms with Gasteiger partial charge in [-0.15, -0.1) is 0 Å². The summed E-state index contributed by atoms with van der Waals surface area (Å²) in [5.41, 5.74) is 5.70. The molecule has 0 aliphatic carbocycles. The van der Waals surface area contributed by atoms with Gasteiger partial charge in [0.1, 0.15) is 5.82 Å². The van der Waals surface area contributed by atoms with Crippen molar-refractivity contribution in [1.82, 2.24) is 9.55 Å². The third-order valence-corrected chi connectivity index (χ3v) is 2.32. The van der Waals surface area contributed by atoms with Gasteiger partial charge < -0.3 is 10.3 Å². The van der Waals surface area contributed by atoms with Crippen LogP contribution in [0.2, 0.25) is 0 Å². The van der Waals surface area contributed by atoms with Crippen LogP contribution in [0.4, 0.5) is 0 Å². The highest BCUT2D eigenvalue weighted by Gasteiger charge is 2.06. The lowest BCUT2D eigenvalue weighted by molar-refractivity contribution is 0.535. The molecule has 0 saturated heterocycles. The molecular formula is C11H21N3. The smallest absolute Gasteiger partial charge is 0.111 e. The first-order chi connectivity index (χ1) is 6.61. The highest BCUT2D eigenvalue weighted by Crippen LogP contribution is 2.12. The Bertz CT molecular complexity index is 263. The first-order valence-corrected chi connectivity index (χ1v) is 5.38. The maximum atomic E-state index is 5.70. The Kier molecular flexibility index (Phi) is 4.14. The maximum Gasteiger partial charge on any atom is 0.111 e. The first kappa shape index (κ1) is 11.2. The Morgan fingerprint density at radius 1 is 1.43 bits per heavy atom. The van der Waals surface area contributed by atoms with Crippen molar-refractivity contribution in [3.63, 3.8) is 0 Å². The number of hydrogen-bond donors (Lipinski definition) is 1. The van der Waals surface area contributed by atoms with E-state index in [1.165, 1.54) is 5.82 Å². The van der Waals surface area contributed by atoms with Gasteiger partial charge in [-0.2, -0.15) is 0 Å². The van der Waals surface area contributed by atoms with E-state index in [4.69, 9.17) is 5.73 Å². The van der Waals surface area contributed by atoms with Crippen LogP contribution in [0.1, 0.15) is 45.4 Å². The van der Waals surface area contributed by atoms with Crippen molar-refractivity contribution in [2.75, 3.05) is 0 Å². The molecule has 3 nitrogen and oxygen atoms in total. The number of rotatable bonds is 5. The van der Waals surface area contributed by atoms with Crippen molar-refractivity contribution in [3.05, 3.63) is 18.2 Å². The number of hydrogen-bond acceptors (Lipinski definition) is 2. The molecule has 80 valence electrons. The van der Waals surface area contributed by atoms with Gasteiger partial charge in [0.25, 0.3) is 0 Å². The third kappa shape index (κ3) is 3.14. The Hall–Kier alpha value is -0.830. The molecule has 14 heavy (non-hydrogen) atoms. The van der Waals surface area contributed by atoms with Gasteiger partial charge in [0.05, 0.1) is 0 Å². The van der Waals surface area contributed by atoms with Crippen LogP contribution in [0.5, 0.6) is 0 Å². The normalized spacial score (nSPS) is 13.5. The van der Waals surface area contributed by atoms with Gasteiger partial charge in [-0.1, -0.05) is 13.8 Å². The highest BCUT2D eigenvalue weighted by atomic mass is 15.1. The van der Waals surface area contributed by atoms with Crippen molar-refractivity contribution in [3.8, 4) is 0 Å². The zero-order valence-corrected chi connectivity index (χ0v) is 9.40. The van der Waals surface area contributed by atoms with Crippen molar-refractivity contribution in [2.45, 2.75) is 52.1 Å². The molecular weight excluding hydrogens is 174 g/mol. The van der Waals surface area contributed by atoms with E-state index >= 15 is 0 Å². The summed E-state index contributed by atoms with van der Waals surface area (Å²) in [6, 6.07) is 0.307. The number of aryl methyl sites for hydroxylation is 1. The third-order valence-electron chi connectivity index (χ3n) is 2.32. The predicted octanol–water partition coefficient (Wildman–Crippen LogP) is 2.13. The van der Waals surface area contributed by atoms with Crippen LogP contribution in [0.15, 0.2) is 12.4 Å². The van der Waals surface area contributed by atoms with Crippen molar-refractivity contribution < 1.29 is 0 Å². The average molecular weight is 195 g/mol. The van der Waals surface area contributed by atoms with Crippen LogP contribution in [-0.4, -0.2) is 15.6 Å². The number of imidazole rings is 1. The lowest BCUT2D eigenvalue weighted by Crippen LogP contribution is -2.15. The lowest BCUT2D eigenvalue weighted by Gasteiger charge is -2.10. The molecule has 1 aromatic heterocycles. The van der Waals surface area contributed by atoms with Crippen LogP contribution >= 0.6 is 0 Å². The molecule has 0 fully saturated rings. The molecule has 0 aromatic carbocycles. The summed E-state index contributed by atoms with van der Waals surface area (Å²) < 4.78 is 2.23. The maximum absolute atomic E-state index is 5.70. The van der Waals surface area contributed by atoms with E-state index in [1.807, 2.05) is 6.20 Å². The van der Waals surface area contributed by atoms with Gasteiger partial charge in [-0.3, -0.25) is 0 Å². The molecule has 2 N–H and O–H groups in total. The average Bonchev–Trinajstić information content (AvgIpc) is 2.51. The minimum absolute atomic E-state index is 0.307. The topological polar surface area (TPSA) is 43.8 Å². The SMILES string of the molecule is CC(N)CCCn1ccnc1C(C)C. The fourth-order valence-electron chi connectivity index (χ4n) is 1.59. The molecule has 3 heteroatoms. The monoisotopic (exact) mass is 195 g/mol. The molecule has 1 atom stereocenters. The Morgan fingerprint density at radius 2 is 2.14 bits per heavy atom. The van der Waals surface area contributed by atoms with E-state index < -0.39 is 0 Å². The summed E-state index contributed by atoms with van der Waals surface area (Å²) in [5.74, 6) is 1.68. The van der Waals surface area contributed by atoms with Crippen LogP contribution in [-0.2, 0) is 6.54 Å². The van der Waals surface area contributed by atoms with Gasteiger partial charge in [0.2, 0.25) is 0 Å². The largest absolute Gasteiger partial charge is 0.335 e. The number of aromatic nitrogens is 2. The molecule has 0 saturated carbocycles. The Balaban J connectivity index is 2.46. The van der Waals surface area contributed by atoms with Crippen LogP contribution in [0, 0.1) is 0 Å². The number of nitrogens with zero attached hydrogens (tertiary/aromatic N) is 2. The second-order valence-electron chi connectivity index (χ2n) is 4.25. The quantitative estimate of drug-likeness (QED) is 0.782. The Labute approximate surface area is 86.3 Å². The Morgan fingerprint density at radius 3 is 2.71 bits per heavy atom. The summed E-state index contributed by atoms with van der Waals surface area (Å²) in [5, 5.41) is 0. The minimum atomic E-state index is 0.307. The molecule has 0 radical (unpaired) electrons. The molecule has 0 aliphatic rings. The number of nitrogens with two attached hydrogens (primary N) is 1. The van der Waals surface area contributed by atoms with Crippen molar-refractivity contribution in [1.29, 1.82) is 0 Å². The van der Waals surface area contributed by atoms with Gasteiger partial charge in [-0.05, 0) is 19.8 Å². The second-order valence-corrected chi connectivity index (χ2v) is 4.25. The summed E-state index contributed by atoms with van der Waals surface area (Å²) in [7, 11) is 0. The van der Waals surface area contributed by atoms with Crippen molar-refractivity contribution in [2.24, 2.45) is 5.73 Å². The predicted molar refractivity (Wildman–Crippen MR) is 59.2 cm³/mol. The zero-order chi connectivity index (χ0) is 10.6. The molecule has 0 bridgehead atoms. The second kappa shape index (κ2) is 5.15. The summed E-state index contributed by atoms with van der Waals surface area (Å²) in [6.07, 6.45) is 6.14. The zero-order valence-electron chi connectivity index (χ0n) is 9.40. The highest BCUT2D eigenvalue weighted by molar-refractivity contribution is 4.97. The molecule has 1 aromatic rings. The van der Waals surface area contributed by atoms with Gasteiger partial charge in [0.15, 0.2) is 0 Å². The van der Waals surface area contributed by atoms with Gasteiger partial charge in [-0.25, -0.2) is 4.98 Å². The van der Waals surface area contributed by atoms with Crippen LogP contribution in [0.25, 0.3) is 0 Å². The van der Waals surface area contributed by atoms with Crippen LogP contribution < -0.4 is 5.73 Å². The van der Waals surface area contributed by atoms with E-state index in [0.717, 1.165) is 19.4 Å². The standard InChI is InChI=1S/C11H21N3/c1-9(2)11-13-6-8-14(11)7-4-5-10(3)12/h6,8-10H,4-5,7,12H2,1-3H3. The summed E-state index contributed by atoms with van der Waals surface area (Å²) in [4.78, 5) is 4.35. The molecule has 1 unspecified atom stereocenters. The molecule has 1 rings (SSSR count). The minimum Gasteiger partial charge on any atom is -0.335 e. The fraction of sp³-hybridized carbons (Fsp3) is 0.727. The van der Waals surface area contributed by atoms with E-state index in [1.54, 1.807) is 0 Å². The van der Waals surface area contributed by atoms with Crippen molar-refractivity contribution >= 4 is 0 Å². The van der Waals surface area contributed by atoms with E-state index in [0.29, 0.717) is 12.0 Å². The lowest BCUT2D eigenvalue weighted by atomic mass is 10.2. The summed E-state index contributed by atoms with van der Waals surface area (Å²) >= 11 is 0. The summed E-state index contributed by atoms with van der Waals surface area (Å²) in [6.45, 7) is 7.43. The van der Waals surface area contributed by atoms with Gasteiger partial charge in [0, 0.05) is 30.9 Å². The van der Waals surface area contributed by atoms with E-state index in [2.05, 4.69) is 36.5 Å². The molecule has 0 aliphatic heterocycles. The van der Waals surface area contributed by atoms with Gasteiger partial charge >= 0.3 is 0 Å².